The van der Waals surface area contributed by atoms with Crippen LogP contribution in [0.25, 0.3) is 0 Å². The second kappa shape index (κ2) is 5.64. The predicted molar refractivity (Wildman–Crippen MR) is 81.9 cm³/mol. The highest BCUT2D eigenvalue weighted by Gasteiger charge is 2.31. The third-order valence-electron chi connectivity index (χ3n) is 4.51. The molecule has 1 N–H and O–H groups in total. The van der Waals surface area contributed by atoms with Gasteiger partial charge >= 0.3 is 0 Å². The number of aryl methyl sites for hydroxylation is 2. The van der Waals surface area contributed by atoms with Gasteiger partial charge < -0.3 is 9.73 Å². The van der Waals surface area contributed by atoms with Crippen LogP contribution in [0.4, 0.5) is 4.39 Å². The molecule has 0 saturated heterocycles. The van der Waals surface area contributed by atoms with E-state index in [4.69, 9.17) is 4.42 Å². The topological polar surface area (TPSA) is 25.2 Å². The highest BCUT2D eigenvalue weighted by atomic mass is 19.1. The number of hydrogen-bond donors (Lipinski definition) is 1. The van der Waals surface area contributed by atoms with Gasteiger partial charge in [0.1, 0.15) is 17.3 Å². The van der Waals surface area contributed by atoms with Crippen LogP contribution < -0.4 is 5.32 Å². The normalized spacial score (nSPS) is 22.9. The number of furan rings is 1. The van der Waals surface area contributed by atoms with Gasteiger partial charge in [0.15, 0.2) is 0 Å². The lowest BCUT2D eigenvalue weighted by molar-refractivity contribution is 0.270. The molecule has 1 unspecified atom stereocenters. The van der Waals surface area contributed by atoms with E-state index < -0.39 is 0 Å². The van der Waals surface area contributed by atoms with Gasteiger partial charge in [-0.15, -0.1) is 0 Å². The van der Waals surface area contributed by atoms with E-state index in [0.717, 1.165) is 24.4 Å². The zero-order valence-electron chi connectivity index (χ0n) is 12.8. The molecule has 1 aliphatic rings. The third kappa shape index (κ3) is 3.03. The van der Waals surface area contributed by atoms with Crippen molar-refractivity contribution >= 4 is 0 Å². The molecule has 0 bridgehead atoms. The van der Waals surface area contributed by atoms with Crippen LogP contribution in [-0.4, -0.2) is 6.04 Å². The lowest BCUT2D eigenvalue weighted by atomic mass is 9.75. The van der Waals surface area contributed by atoms with E-state index in [1.807, 2.05) is 26.0 Å². The van der Waals surface area contributed by atoms with Crippen LogP contribution in [-0.2, 0) is 0 Å². The minimum Gasteiger partial charge on any atom is -0.466 e. The van der Waals surface area contributed by atoms with Crippen LogP contribution in [0.1, 0.15) is 54.4 Å². The molecule has 1 fully saturated rings. The van der Waals surface area contributed by atoms with Crippen LogP contribution in [0.3, 0.4) is 0 Å². The number of rotatable bonds is 4. The molecule has 1 heterocycles. The Bertz CT molecular complexity index is 611. The molecular weight excluding hydrogens is 265 g/mol. The van der Waals surface area contributed by atoms with Gasteiger partial charge in [0.05, 0.1) is 0 Å². The zero-order valence-corrected chi connectivity index (χ0v) is 12.8. The smallest absolute Gasteiger partial charge is 0.123 e. The molecule has 1 atom stereocenters. The van der Waals surface area contributed by atoms with Crippen LogP contribution in [0.15, 0.2) is 34.7 Å². The Morgan fingerprint density at radius 3 is 2.43 bits per heavy atom. The van der Waals surface area contributed by atoms with Crippen LogP contribution in [0.2, 0.25) is 0 Å². The number of benzene rings is 1. The second-order valence-corrected chi connectivity index (χ2v) is 6.17. The third-order valence-corrected chi connectivity index (χ3v) is 4.51. The van der Waals surface area contributed by atoms with Crippen molar-refractivity contribution in [2.24, 2.45) is 0 Å². The summed E-state index contributed by atoms with van der Waals surface area (Å²) < 4.78 is 18.5. The summed E-state index contributed by atoms with van der Waals surface area (Å²) >= 11 is 0. The van der Waals surface area contributed by atoms with E-state index in [9.17, 15) is 4.39 Å². The van der Waals surface area contributed by atoms with Gasteiger partial charge in [-0.05, 0) is 63.3 Å². The van der Waals surface area contributed by atoms with Crippen molar-refractivity contribution in [3.63, 3.8) is 0 Å². The summed E-state index contributed by atoms with van der Waals surface area (Å²) in [4.78, 5) is 0. The van der Waals surface area contributed by atoms with E-state index in [1.165, 1.54) is 11.1 Å². The van der Waals surface area contributed by atoms with Crippen molar-refractivity contribution in [3.8, 4) is 0 Å². The van der Waals surface area contributed by atoms with Gasteiger partial charge in [0, 0.05) is 17.6 Å². The lowest BCUT2D eigenvalue weighted by Crippen LogP contribution is -2.41. The molecule has 3 heteroatoms. The Labute approximate surface area is 125 Å². The van der Waals surface area contributed by atoms with Crippen molar-refractivity contribution in [1.82, 2.24) is 5.32 Å². The highest BCUT2D eigenvalue weighted by Crippen LogP contribution is 2.38. The molecule has 0 amide bonds. The van der Waals surface area contributed by atoms with Crippen molar-refractivity contribution in [2.45, 2.75) is 51.6 Å². The standard InChI is InChI=1S/C18H22FNO/c1-11-8-18(13(3)21-11)12(2)20-17-9-15(10-17)14-4-6-16(19)7-5-14/h4-8,12,15,17,20H,9-10H2,1-3H3. The summed E-state index contributed by atoms with van der Waals surface area (Å²) in [5, 5.41) is 3.66. The fourth-order valence-corrected chi connectivity index (χ4v) is 3.28. The fraction of sp³-hybridized carbons (Fsp3) is 0.444. The Morgan fingerprint density at radius 1 is 1.19 bits per heavy atom. The Morgan fingerprint density at radius 2 is 1.86 bits per heavy atom. The summed E-state index contributed by atoms with van der Waals surface area (Å²) in [6.07, 6.45) is 2.23. The molecule has 1 aromatic carbocycles. The maximum Gasteiger partial charge on any atom is 0.123 e. The molecule has 112 valence electrons. The number of hydrogen-bond acceptors (Lipinski definition) is 2. The molecule has 2 aromatic rings. The Kier molecular flexibility index (Phi) is 3.85. The first-order valence-corrected chi connectivity index (χ1v) is 7.61. The SMILES string of the molecule is Cc1cc(C(C)NC2CC(c3ccc(F)cc3)C2)c(C)o1. The van der Waals surface area contributed by atoms with Gasteiger partial charge in [-0.25, -0.2) is 4.39 Å². The largest absolute Gasteiger partial charge is 0.466 e. The molecule has 1 aliphatic carbocycles. The maximum atomic E-state index is 12.9. The van der Waals surface area contributed by atoms with Gasteiger partial charge in [-0.1, -0.05) is 12.1 Å². The first kappa shape index (κ1) is 14.3. The summed E-state index contributed by atoms with van der Waals surface area (Å²) in [5.41, 5.74) is 2.50. The molecule has 3 rings (SSSR count). The first-order chi connectivity index (χ1) is 10.0. The molecular formula is C18H22FNO. The van der Waals surface area contributed by atoms with Crippen LogP contribution >= 0.6 is 0 Å². The monoisotopic (exact) mass is 287 g/mol. The molecule has 0 spiro atoms. The molecule has 21 heavy (non-hydrogen) atoms. The average molecular weight is 287 g/mol. The van der Waals surface area contributed by atoms with Gasteiger partial charge in [0.2, 0.25) is 0 Å². The van der Waals surface area contributed by atoms with E-state index in [1.54, 1.807) is 12.1 Å². The Hall–Kier alpha value is -1.61. The lowest BCUT2D eigenvalue weighted by Gasteiger charge is -2.38. The van der Waals surface area contributed by atoms with Gasteiger partial charge in [0.25, 0.3) is 0 Å². The summed E-state index contributed by atoms with van der Waals surface area (Å²) in [6.45, 7) is 6.18. The van der Waals surface area contributed by atoms with Crippen molar-refractivity contribution in [1.29, 1.82) is 0 Å². The van der Waals surface area contributed by atoms with E-state index in [-0.39, 0.29) is 5.82 Å². The molecule has 1 aromatic heterocycles. The van der Waals surface area contributed by atoms with Gasteiger partial charge in [-0.3, -0.25) is 0 Å². The maximum absolute atomic E-state index is 12.9. The summed E-state index contributed by atoms with van der Waals surface area (Å²) in [6, 6.07) is 9.87. The minimum atomic E-state index is -0.160. The quantitative estimate of drug-likeness (QED) is 0.886. The zero-order chi connectivity index (χ0) is 15.0. The summed E-state index contributed by atoms with van der Waals surface area (Å²) in [7, 11) is 0. The van der Waals surface area contributed by atoms with Crippen molar-refractivity contribution in [3.05, 3.63) is 58.8 Å². The average Bonchev–Trinajstić information content (AvgIpc) is 2.74. The summed E-state index contributed by atoms with van der Waals surface area (Å²) in [5.74, 6) is 2.37. The molecule has 1 saturated carbocycles. The van der Waals surface area contributed by atoms with E-state index >= 15 is 0 Å². The molecule has 0 aliphatic heterocycles. The van der Waals surface area contributed by atoms with Crippen LogP contribution in [0, 0.1) is 19.7 Å². The second-order valence-electron chi connectivity index (χ2n) is 6.17. The molecule has 0 radical (unpaired) electrons. The first-order valence-electron chi connectivity index (χ1n) is 7.61. The number of nitrogens with one attached hydrogen (secondary N) is 1. The predicted octanol–water partition coefficient (Wildman–Crippen LogP) is 4.63. The molecule has 2 nitrogen and oxygen atoms in total. The Balaban J connectivity index is 1.55. The van der Waals surface area contributed by atoms with Gasteiger partial charge in [-0.2, -0.15) is 0 Å². The van der Waals surface area contributed by atoms with Crippen molar-refractivity contribution in [2.75, 3.05) is 0 Å². The van der Waals surface area contributed by atoms with E-state index in [0.29, 0.717) is 18.0 Å². The minimum absolute atomic E-state index is 0.160. The highest BCUT2D eigenvalue weighted by molar-refractivity contribution is 5.26. The van der Waals surface area contributed by atoms with Crippen LogP contribution in [0.5, 0.6) is 0 Å². The van der Waals surface area contributed by atoms with Crippen molar-refractivity contribution < 1.29 is 8.81 Å². The number of halogens is 1. The fourth-order valence-electron chi connectivity index (χ4n) is 3.28. The van der Waals surface area contributed by atoms with E-state index in [2.05, 4.69) is 18.3 Å².